The fourth-order valence-corrected chi connectivity index (χ4v) is 3.46. The number of para-hydroxylation sites is 1. The number of tetrazole rings is 1. The van der Waals surface area contributed by atoms with Gasteiger partial charge in [-0.3, -0.25) is 9.59 Å². The number of aromatic amines is 1. The third-order valence-corrected chi connectivity index (χ3v) is 5.10. The molecule has 122 valence electrons. The standard InChI is InChI=1S/C16H15N5O3/c1-7-16(2,3)9-6-4-5-8-11(9)21(7)15(24)10(12(8)22)13(23)14-17-19-20-18-14/h4-7,22H,1-3H3,(H,17,18,19,20)/t7-/m0/s1. The van der Waals surface area contributed by atoms with Gasteiger partial charge in [-0.2, -0.15) is 5.21 Å². The average molecular weight is 325 g/mol. The molecule has 0 radical (unpaired) electrons. The van der Waals surface area contributed by atoms with Crippen molar-refractivity contribution in [3.63, 3.8) is 0 Å². The van der Waals surface area contributed by atoms with E-state index in [0.717, 1.165) is 5.56 Å². The first-order valence-electron chi connectivity index (χ1n) is 7.54. The fourth-order valence-electron chi connectivity index (χ4n) is 3.46. The minimum absolute atomic E-state index is 0.165. The molecule has 3 aromatic rings. The average Bonchev–Trinajstić information content (AvgIpc) is 3.14. The van der Waals surface area contributed by atoms with Crippen LogP contribution in [0.15, 0.2) is 23.0 Å². The van der Waals surface area contributed by atoms with Crippen molar-refractivity contribution >= 4 is 16.7 Å². The maximum Gasteiger partial charge on any atom is 0.266 e. The monoisotopic (exact) mass is 325 g/mol. The lowest BCUT2D eigenvalue weighted by molar-refractivity contribution is 0.102. The molecule has 0 saturated heterocycles. The Labute approximate surface area is 136 Å². The zero-order chi connectivity index (χ0) is 17.2. The van der Waals surface area contributed by atoms with Gasteiger partial charge in [0.1, 0.15) is 11.3 Å². The van der Waals surface area contributed by atoms with Crippen LogP contribution in [0.25, 0.3) is 10.9 Å². The molecule has 4 rings (SSSR count). The van der Waals surface area contributed by atoms with Crippen LogP contribution in [0.3, 0.4) is 0 Å². The molecule has 0 bridgehead atoms. The molecule has 24 heavy (non-hydrogen) atoms. The molecule has 0 spiro atoms. The highest BCUT2D eigenvalue weighted by atomic mass is 16.3. The number of pyridine rings is 1. The molecule has 1 aromatic carbocycles. The van der Waals surface area contributed by atoms with E-state index < -0.39 is 11.3 Å². The lowest BCUT2D eigenvalue weighted by Gasteiger charge is -2.25. The predicted molar refractivity (Wildman–Crippen MR) is 85.2 cm³/mol. The summed E-state index contributed by atoms with van der Waals surface area (Å²) in [7, 11) is 0. The second-order valence-corrected chi connectivity index (χ2v) is 6.56. The summed E-state index contributed by atoms with van der Waals surface area (Å²) in [5, 5.41) is 23.8. The van der Waals surface area contributed by atoms with E-state index in [9.17, 15) is 14.7 Å². The van der Waals surface area contributed by atoms with Crippen molar-refractivity contribution in [2.45, 2.75) is 32.2 Å². The van der Waals surface area contributed by atoms with Gasteiger partial charge in [0.2, 0.25) is 11.6 Å². The smallest absolute Gasteiger partial charge is 0.266 e. The van der Waals surface area contributed by atoms with E-state index in [-0.39, 0.29) is 28.6 Å². The van der Waals surface area contributed by atoms with Gasteiger partial charge in [0, 0.05) is 16.8 Å². The molecule has 0 fully saturated rings. The summed E-state index contributed by atoms with van der Waals surface area (Å²) in [6, 6.07) is 5.30. The molecule has 2 aromatic heterocycles. The van der Waals surface area contributed by atoms with Crippen LogP contribution in [0.1, 0.15) is 48.6 Å². The van der Waals surface area contributed by atoms with Crippen LogP contribution in [0.5, 0.6) is 5.75 Å². The highest BCUT2D eigenvalue weighted by molar-refractivity contribution is 6.11. The lowest BCUT2D eigenvalue weighted by atomic mass is 9.81. The molecule has 0 saturated carbocycles. The molecule has 0 aliphatic carbocycles. The van der Waals surface area contributed by atoms with Gasteiger partial charge in [0.25, 0.3) is 5.56 Å². The Balaban J connectivity index is 2.13. The molecule has 0 amide bonds. The van der Waals surface area contributed by atoms with Crippen molar-refractivity contribution in [1.29, 1.82) is 0 Å². The summed E-state index contributed by atoms with van der Waals surface area (Å²) >= 11 is 0. The van der Waals surface area contributed by atoms with E-state index in [1.54, 1.807) is 10.6 Å². The molecule has 3 heterocycles. The summed E-state index contributed by atoms with van der Waals surface area (Å²) in [6.07, 6.45) is 0. The Bertz CT molecular complexity index is 1050. The van der Waals surface area contributed by atoms with Gasteiger partial charge in [-0.15, -0.1) is 10.2 Å². The molecular weight excluding hydrogens is 310 g/mol. The first kappa shape index (κ1) is 14.6. The summed E-state index contributed by atoms with van der Waals surface area (Å²) < 4.78 is 1.58. The van der Waals surface area contributed by atoms with Gasteiger partial charge in [-0.25, -0.2) is 0 Å². The van der Waals surface area contributed by atoms with Gasteiger partial charge >= 0.3 is 0 Å². The zero-order valence-electron chi connectivity index (χ0n) is 13.4. The molecule has 8 heteroatoms. The molecule has 1 aliphatic rings. The van der Waals surface area contributed by atoms with Gasteiger partial charge in [0.05, 0.1) is 5.52 Å². The van der Waals surface area contributed by atoms with Crippen LogP contribution >= 0.6 is 0 Å². The van der Waals surface area contributed by atoms with E-state index >= 15 is 0 Å². The van der Waals surface area contributed by atoms with Crippen LogP contribution in [-0.4, -0.2) is 36.1 Å². The number of hydrogen-bond donors (Lipinski definition) is 2. The summed E-state index contributed by atoms with van der Waals surface area (Å²) in [4.78, 5) is 25.6. The highest BCUT2D eigenvalue weighted by Gasteiger charge is 2.41. The first-order valence-corrected chi connectivity index (χ1v) is 7.54. The quantitative estimate of drug-likeness (QED) is 0.687. The number of nitrogens with zero attached hydrogens (tertiary/aromatic N) is 4. The largest absolute Gasteiger partial charge is 0.506 e. The normalized spacial score (nSPS) is 18.2. The molecule has 1 aliphatic heterocycles. The van der Waals surface area contributed by atoms with Crippen LogP contribution in [0, 0.1) is 0 Å². The Morgan fingerprint density at radius 3 is 2.79 bits per heavy atom. The van der Waals surface area contributed by atoms with Crippen LogP contribution in [0.4, 0.5) is 0 Å². The fraction of sp³-hybridized carbons (Fsp3) is 0.312. The van der Waals surface area contributed by atoms with E-state index in [1.165, 1.54) is 0 Å². The van der Waals surface area contributed by atoms with Crippen LogP contribution in [-0.2, 0) is 5.41 Å². The number of H-pyrrole nitrogens is 1. The molecule has 0 unspecified atom stereocenters. The van der Waals surface area contributed by atoms with E-state index in [2.05, 4.69) is 20.6 Å². The van der Waals surface area contributed by atoms with Gasteiger partial charge < -0.3 is 9.67 Å². The van der Waals surface area contributed by atoms with Gasteiger partial charge in [0.15, 0.2) is 0 Å². The van der Waals surface area contributed by atoms with Crippen molar-refractivity contribution in [3.05, 3.63) is 45.5 Å². The summed E-state index contributed by atoms with van der Waals surface area (Å²) in [5.41, 5.74) is 0.470. The van der Waals surface area contributed by atoms with Crippen molar-refractivity contribution < 1.29 is 9.90 Å². The number of carbonyl (C=O) groups excluding carboxylic acids is 1. The number of ketones is 1. The van der Waals surface area contributed by atoms with Crippen molar-refractivity contribution in [2.24, 2.45) is 0 Å². The minimum Gasteiger partial charge on any atom is -0.506 e. The molecule has 8 nitrogen and oxygen atoms in total. The van der Waals surface area contributed by atoms with Crippen LogP contribution in [0.2, 0.25) is 0 Å². The van der Waals surface area contributed by atoms with Crippen molar-refractivity contribution in [2.75, 3.05) is 0 Å². The summed E-state index contributed by atoms with van der Waals surface area (Å²) in [5.74, 6) is -1.34. The van der Waals surface area contributed by atoms with Gasteiger partial charge in [-0.1, -0.05) is 26.0 Å². The Morgan fingerprint density at radius 1 is 1.38 bits per heavy atom. The van der Waals surface area contributed by atoms with Crippen LogP contribution < -0.4 is 5.56 Å². The number of rotatable bonds is 2. The second kappa shape index (κ2) is 4.50. The maximum absolute atomic E-state index is 13.0. The van der Waals surface area contributed by atoms with E-state index in [0.29, 0.717) is 10.9 Å². The van der Waals surface area contributed by atoms with E-state index in [1.807, 2.05) is 32.9 Å². The number of aromatic hydroxyl groups is 1. The number of nitrogens with one attached hydrogen (secondary N) is 1. The number of benzene rings is 1. The summed E-state index contributed by atoms with van der Waals surface area (Å²) in [6.45, 7) is 6.01. The van der Waals surface area contributed by atoms with Crippen molar-refractivity contribution in [1.82, 2.24) is 25.2 Å². The Morgan fingerprint density at radius 2 is 2.12 bits per heavy atom. The Kier molecular flexibility index (Phi) is 2.73. The first-order chi connectivity index (χ1) is 11.4. The number of hydrogen-bond acceptors (Lipinski definition) is 6. The third kappa shape index (κ3) is 1.60. The van der Waals surface area contributed by atoms with Crippen molar-refractivity contribution in [3.8, 4) is 5.75 Å². The number of aromatic nitrogens is 5. The maximum atomic E-state index is 13.0. The lowest BCUT2D eigenvalue weighted by Crippen LogP contribution is -2.32. The topological polar surface area (TPSA) is 114 Å². The van der Waals surface area contributed by atoms with E-state index in [4.69, 9.17) is 0 Å². The third-order valence-electron chi connectivity index (χ3n) is 5.10. The molecular formula is C16H15N5O3. The Hall–Kier alpha value is -3.03. The second-order valence-electron chi connectivity index (χ2n) is 6.56. The predicted octanol–water partition coefficient (Wildman–Crippen LogP) is 1.30. The van der Waals surface area contributed by atoms with Gasteiger partial charge in [-0.05, 0) is 23.8 Å². The number of carbonyl (C=O) groups is 1. The molecule has 2 N–H and O–H groups in total. The zero-order valence-corrected chi connectivity index (χ0v) is 13.4. The minimum atomic E-state index is -0.751. The molecule has 1 atom stereocenters. The highest BCUT2D eigenvalue weighted by Crippen LogP contribution is 2.46. The SMILES string of the molecule is C[C@@H]1n2c(=O)c(C(=O)c3nn[nH]n3)c(O)c3cccc(c32)C1(C)C.